The average Bonchev–Trinajstić information content (AvgIpc) is 2.42. The fraction of sp³-hybridized carbons (Fsp3) is 0.500. The number of nitrogens with one attached hydrogen (secondary N) is 1. The first-order valence-corrected chi connectivity index (χ1v) is 6.15. The predicted octanol–water partition coefficient (Wildman–Crippen LogP) is 1.78. The van der Waals surface area contributed by atoms with Gasteiger partial charge in [0, 0.05) is 26.7 Å². The standard InChI is InChI=1S/C14H21NO3/c1-17-11-3-10-15-14(16)9-6-12-4-7-13(18-2)8-5-12/h4-5,7-8H,3,6,9-11H2,1-2H3,(H,15,16). The molecule has 0 fully saturated rings. The highest BCUT2D eigenvalue weighted by Crippen LogP contribution is 2.12. The van der Waals surface area contributed by atoms with Gasteiger partial charge in [-0.25, -0.2) is 0 Å². The fourth-order valence-corrected chi connectivity index (χ4v) is 1.58. The molecule has 0 bridgehead atoms. The molecule has 0 atom stereocenters. The number of ether oxygens (including phenoxy) is 2. The van der Waals surface area contributed by atoms with Gasteiger partial charge >= 0.3 is 0 Å². The summed E-state index contributed by atoms with van der Waals surface area (Å²) in [5, 5.41) is 2.87. The number of benzene rings is 1. The minimum absolute atomic E-state index is 0.0851. The quantitative estimate of drug-likeness (QED) is 0.716. The summed E-state index contributed by atoms with van der Waals surface area (Å²) in [6.45, 7) is 1.36. The lowest BCUT2D eigenvalue weighted by atomic mass is 10.1. The normalized spacial score (nSPS) is 10.1. The predicted molar refractivity (Wildman–Crippen MR) is 70.8 cm³/mol. The van der Waals surface area contributed by atoms with Crippen molar-refractivity contribution in [2.75, 3.05) is 27.4 Å². The van der Waals surface area contributed by atoms with Crippen LogP contribution < -0.4 is 10.1 Å². The number of aryl methyl sites for hydroxylation is 1. The van der Waals surface area contributed by atoms with Crippen molar-refractivity contribution >= 4 is 5.91 Å². The second kappa shape index (κ2) is 8.53. The van der Waals surface area contributed by atoms with Crippen molar-refractivity contribution in [2.24, 2.45) is 0 Å². The Bertz CT molecular complexity index is 349. The van der Waals surface area contributed by atoms with E-state index in [0.29, 0.717) is 19.6 Å². The van der Waals surface area contributed by atoms with Crippen LogP contribution in [0.1, 0.15) is 18.4 Å². The zero-order valence-corrected chi connectivity index (χ0v) is 11.1. The van der Waals surface area contributed by atoms with Crippen LogP contribution in [0.25, 0.3) is 0 Å². The van der Waals surface area contributed by atoms with Crippen molar-refractivity contribution in [3.8, 4) is 5.75 Å². The summed E-state index contributed by atoms with van der Waals surface area (Å²) in [5.41, 5.74) is 1.14. The van der Waals surface area contributed by atoms with Crippen LogP contribution in [0.4, 0.5) is 0 Å². The molecular formula is C14H21NO3. The van der Waals surface area contributed by atoms with Gasteiger partial charge in [0.15, 0.2) is 0 Å². The molecule has 1 aromatic carbocycles. The van der Waals surface area contributed by atoms with E-state index in [9.17, 15) is 4.79 Å². The maximum Gasteiger partial charge on any atom is 0.220 e. The Morgan fingerprint density at radius 2 is 1.94 bits per heavy atom. The number of carbonyl (C=O) groups excluding carboxylic acids is 1. The highest BCUT2D eigenvalue weighted by atomic mass is 16.5. The Balaban J connectivity index is 2.20. The lowest BCUT2D eigenvalue weighted by Gasteiger charge is -2.05. The van der Waals surface area contributed by atoms with Crippen LogP contribution in [-0.2, 0) is 16.0 Å². The largest absolute Gasteiger partial charge is 0.497 e. The second-order valence-electron chi connectivity index (χ2n) is 4.04. The number of amides is 1. The van der Waals surface area contributed by atoms with Gasteiger partial charge in [-0.05, 0) is 30.5 Å². The first-order chi connectivity index (χ1) is 8.76. The SMILES string of the molecule is COCCCNC(=O)CCc1ccc(OC)cc1. The van der Waals surface area contributed by atoms with E-state index in [2.05, 4.69) is 5.32 Å². The van der Waals surface area contributed by atoms with Crippen molar-refractivity contribution in [1.82, 2.24) is 5.32 Å². The maximum absolute atomic E-state index is 11.5. The topological polar surface area (TPSA) is 47.6 Å². The highest BCUT2D eigenvalue weighted by molar-refractivity contribution is 5.76. The van der Waals surface area contributed by atoms with Crippen molar-refractivity contribution in [3.05, 3.63) is 29.8 Å². The second-order valence-corrected chi connectivity index (χ2v) is 4.04. The van der Waals surface area contributed by atoms with Crippen LogP contribution >= 0.6 is 0 Å². The third-order valence-electron chi connectivity index (χ3n) is 2.65. The molecule has 18 heavy (non-hydrogen) atoms. The molecule has 4 nitrogen and oxygen atoms in total. The van der Waals surface area contributed by atoms with E-state index >= 15 is 0 Å². The van der Waals surface area contributed by atoms with E-state index in [1.54, 1.807) is 14.2 Å². The highest BCUT2D eigenvalue weighted by Gasteiger charge is 2.01. The van der Waals surface area contributed by atoms with Gasteiger partial charge in [0.1, 0.15) is 5.75 Å². The molecule has 0 heterocycles. The van der Waals surface area contributed by atoms with Crippen molar-refractivity contribution in [1.29, 1.82) is 0 Å². The molecule has 1 aromatic rings. The fourth-order valence-electron chi connectivity index (χ4n) is 1.58. The molecule has 0 saturated carbocycles. The molecule has 1 amide bonds. The van der Waals surface area contributed by atoms with Gasteiger partial charge in [-0.3, -0.25) is 4.79 Å². The van der Waals surface area contributed by atoms with Crippen LogP contribution in [0.15, 0.2) is 24.3 Å². The molecule has 100 valence electrons. The smallest absolute Gasteiger partial charge is 0.220 e. The summed E-state index contributed by atoms with van der Waals surface area (Å²) in [5.74, 6) is 0.921. The van der Waals surface area contributed by atoms with E-state index in [-0.39, 0.29) is 5.91 Å². The van der Waals surface area contributed by atoms with Crippen LogP contribution in [0.2, 0.25) is 0 Å². The Morgan fingerprint density at radius 3 is 2.56 bits per heavy atom. The van der Waals surface area contributed by atoms with Crippen LogP contribution in [0.5, 0.6) is 5.75 Å². The number of methoxy groups -OCH3 is 2. The van der Waals surface area contributed by atoms with Gasteiger partial charge in [0.2, 0.25) is 5.91 Å². The molecule has 0 aliphatic carbocycles. The Hall–Kier alpha value is -1.55. The van der Waals surface area contributed by atoms with Gasteiger partial charge in [-0.1, -0.05) is 12.1 Å². The summed E-state index contributed by atoms with van der Waals surface area (Å²) < 4.78 is 9.99. The third kappa shape index (κ3) is 5.68. The van der Waals surface area contributed by atoms with E-state index in [4.69, 9.17) is 9.47 Å². The molecule has 0 radical (unpaired) electrons. The van der Waals surface area contributed by atoms with Gasteiger partial charge in [0.25, 0.3) is 0 Å². The summed E-state index contributed by atoms with van der Waals surface area (Å²) in [4.78, 5) is 11.5. The van der Waals surface area contributed by atoms with Crippen molar-refractivity contribution in [3.63, 3.8) is 0 Å². The maximum atomic E-state index is 11.5. The molecule has 1 rings (SSSR count). The monoisotopic (exact) mass is 251 g/mol. The number of hydrogen-bond acceptors (Lipinski definition) is 3. The van der Waals surface area contributed by atoms with Crippen LogP contribution in [0.3, 0.4) is 0 Å². The number of carbonyl (C=O) groups is 1. The third-order valence-corrected chi connectivity index (χ3v) is 2.65. The Labute approximate surface area is 108 Å². The molecule has 4 heteroatoms. The minimum Gasteiger partial charge on any atom is -0.497 e. The molecule has 0 spiro atoms. The summed E-state index contributed by atoms with van der Waals surface area (Å²) in [6.07, 6.45) is 2.12. The molecule has 0 aliphatic rings. The molecular weight excluding hydrogens is 230 g/mol. The average molecular weight is 251 g/mol. The van der Waals surface area contributed by atoms with Crippen molar-refractivity contribution in [2.45, 2.75) is 19.3 Å². The first-order valence-electron chi connectivity index (χ1n) is 6.15. The van der Waals surface area contributed by atoms with Crippen LogP contribution in [0, 0.1) is 0 Å². The summed E-state index contributed by atoms with van der Waals surface area (Å²) in [6, 6.07) is 7.78. The van der Waals surface area contributed by atoms with Gasteiger partial charge in [-0.2, -0.15) is 0 Å². The Kier molecular flexibility index (Phi) is 6.87. The molecule has 0 saturated heterocycles. The zero-order chi connectivity index (χ0) is 13.2. The van der Waals surface area contributed by atoms with E-state index in [0.717, 1.165) is 24.2 Å². The summed E-state index contributed by atoms with van der Waals surface area (Å²) >= 11 is 0. The number of hydrogen-bond donors (Lipinski definition) is 1. The van der Waals surface area contributed by atoms with E-state index in [1.165, 1.54) is 0 Å². The lowest BCUT2D eigenvalue weighted by Crippen LogP contribution is -2.25. The number of rotatable bonds is 8. The zero-order valence-electron chi connectivity index (χ0n) is 11.1. The first kappa shape index (κ1) is 14.5. The Morgan fingerprint density at radius 1 is 1.22 bits per heavy atom. The van der Waals surface area contributed by atoms with Gasteiger partial charge < -0.3 is 14.8 Å². The molecule has 0 unspecified atom stereocenters. The van der Waals surface area contributed by atoms with Crippen LogP contribution in [-0.4, -0.2) is 33.3 Å². The van der Waals surface area contributed by atoms with E-state index in [1.807, 2.05) is 24.3 Å². The minimum atomic E-state index is 0.0851. The lowest BCUT2D eigenvalue weighted by molar-refractivity contribution is -0.121. The molecule has 0 aliphatic heterocycles. The molecule has 0 aromatic heterocycles. The molecule has 1 N–H and O–H groups in total. The summed E-state index contributed by atoms with van der Waals surface area (Å²) in [7, 11) is 3.30. The van der Waals surface area contributed by atoms with Gasteiger partial charge in [-0.15, -0.1) is 0 Å². The van der Waals surface area contributed by atoms with Gasteiger partial charge in [0.05, 0.1) is 7.11 Å². The van der Waals surface area contributed by atoms with Crippen molar-refractivity contribution < 1.29 is 14.3 Å². The van der Waals surface area contributed by atoms with E-state index < -0.39 is 0 Å².